The number of anilines is 1. The van der Waals surface area contributed by atoms with Gasteiger partial charge in [0.25, 0.3) is 15.9 Å². The van der Waals surface area contributed by atoms with Crippen molar-refractivity contribution in [2.45, 2.75) is 0 Å². The van der Waals surface area contributed by atoms with Gasteiger partial charge in [-0.2, -0.15) is 0 Å². The number of amides is 1. The summed E-state index contributed by atoms with van der Waals surface area (Å²) in [5.74, 6) is -0.00700. The normalized spacial score (nSPS) is 17.9. The van der Waals surface area contributed by atoms with Crippen LogP contribution in [-0.4, -0.2) is 46.9 Å². The zero-order chi connectivity index (χ0) is 18.1. The Morgan fingerprint density at radius 1 is 1.15 bits per heavy atom. The number of fused-ring (bicyclic) bond motifs is 1. The minimum absolute atomic E-state index is 0.0640. The lowest BCUT2D eigenvalue weighted by atomic mass is 10.1. The van der Waals surface area contributed by atoms with Gasteiger partial charge in [-0.25, -0.2) is 13.4 Å². The van der Waals surface area contributed by atoms with Crippen LogP contribution in [0.3, 0.4) is 0 Å². The molecule has 0 radical (unpaired) electrons. The highest BCUT2D eigenvalue weighted by atomic mass is 32.2. The molecule has 1 N–H and O–H groups in total. The summed E-state index contributed by atoms with van der Waals surface area (Å²) < 4.78 is 28.6. The Hall–Kier alpha value is -3.20. The molecule has 0 saturated heterocycles. The number of carbonyl (C=O) groups excluding carboxylic acids is 1. The Kier molecular flexibility index (Phi) is 3.92. The molecule has 1 amide bonds. The van der Waals surface area contributed by atoms with E-state index in [9.17, 15) is 13.2 Å². The van der Waals surface area contributed by atoms with Crippen molar-refractivity contribution in [3.8, 4) is 5.69 Å². The summed E-state index contributed by atoms with van der Waals surface area (Å²) in [4.78, 5) is 18.1. The van der Waals surface area contributed by atoms with E-state index in [1.54, 1.807) is 41.8 Å². The smallest absolute Gasteiger partial charge is 0.257 e. The van der Waals surface area contributed by atoms with Crippen LogP contribution in [-0.2, 0) is 14.8 Å². The molecule has 0 saturated carbocycles. The van der Waals surface area contributed by atoms with Crippen LogP contribution in [0.2, 0.25) is 0 Å². The van der Waals surface area contributed by atoms with Crippen LogP contribution >= 0.6 is 0 Å². The van der Waals surface area contributed by atoms with Gasteiger partial charge >= 0.3 is 0 Å². The molecule has 0 aliphatic carbocycles. The highest BCUT2D eigenvalue weighted by Gasteiger charge is 2.24. The Balaban J connectivity index is 1.47. The van der Waals surface area contributed by atoms with Crippen LogP contribution < -0.4 is 5.32 Å². The number of imidazole rings is 1. The Bertz CT molecular complexity index is 1030. The number of nitrogens with one attached hydrogen (secondary N) is 1. The third kappa shape index (κ3) is 3.29. The van der Waals surface area contributed by atoms with E-state index in [0.29, 0.717) is 17.1 Å². The minimum atomic E-state index is -3.40. The topological polar surface area (TPSA) is 96.7 Å². The van der Waals surface area contributed by atoms with Crippen LogP contribution in [0.25, 0.3) is 5.69 Å². The summed E-state index contributed by atoms with van der Waals surface area (Å²) in [5.41, 5.74) is 2.03. The molecule has 2 aliphatic rings. The van der Waals surface area contributed by atoms with E-state index in [1.165, 1.54) is 6.08 Å². The molecule has 0 spiro atoms. The first-order chi connectivity index (χ1) is 12.5. The molecule has 8 nitrogen and oxygen atoms in total. The maximum absolute atomic E-state index is 12.5. The summed E-state index contributed by atoms with van der Waals surface area (Å²) in [7, 11) is -3.40. The average Bonchev–Trinajstić information content (AvgIpc) is 3.16. The number of sulfonamides is 1. The van der Waals surface area contributed by atoms with Gasteiger partial charge in [0.05, 0.1) is 17.7 Å². The second kappa shape index (κ2) is 6.26. The van der Waals surface area contributed by atoms with E-state index in [0.717, 1.165) is 5.69 Å². The molecular formula is C17H15N5O3S. The fourth-order valence-electron chi connectivity index (χ4n) is 2.67. The third-order valence-electron chi connectivity index (χ3n) is 4.01. The second-order valence-electron chi connectivity index (χ2n) is 5.82. The molecule has 1 aromatic heterocycles. The summed E-state index contributed by atoms with van der Waals surface area (Å²) >= 11 is 0. The van der Waals surface area contributed by atoms with Crippen molar-refractivity contribution in [3.63, 3.8) is 0 Å². The van der Waals surface area contributed by atoms with Gasteiger partial charge in [0.1, 0.15) is 5.84 Å². The number of rotatable bonds is 3. The van der Waals surface area contributed by atoms with Gasteiger partial charge < -0.3 is 14.8 Å². The number of hydrogen-bond acceptors (Lipinski definition) is 5. The van der Waals surface area contributed by atoms with E-state index in [1.807, 2.05) is 22.9 Å². The summed E-state index contributed by atoms with van der Waals surface area (Å²) in [6, 6.07) is 7.37. The average molecular weight is 369 g/mol. The highest BCUT2D eigenvalue weighted by molar-refractivity contribution is 7.90. The maximum Gasteiger partial charge on any atom is 0.257 e. The van der Waals surface area contributed by atoms with Gasteiger partial charge in [-0.05, 0) is 36.4 Å². The largest absolute Gasteiger partial charge is 0.330 e. The molecule has 4 rings (SSSR count). The molecule has 1 aromatic carbocycles. The number of carbonyl (C=O) groups is 1. The summed E-state index contributed by atoms with van der Waals surface area (Å²) in [5, 5.41) is 2.83. The van der Waals surface area contributed by atoms with Gasteiger partial charge in [-0.1, -0.05) is 0 Å². The SMILES string of the molecule is O=C(Nc1ccc(-n2ccnc2)cc1)C1=CN2CCS(=O)(=O)N=C2C=C1. The van der Waals surface area contributed by atoms with Gasteiger partial charge in [-0.15, -0.1) is 4.40 Å². The molecule has 0 unspecified atom stereocenters. The van der Waals surface area contributed by atoms with Crippen LogP contribution in [0, 0.1) is 0 Å². The first-order valence-corrected chi connectivity index (χ1v) is 9.50. The number of nitrogens with zero attached hydrogens (tertiary/aromatic N) is 4. The lowest BCUT2D eigenvalue weighted by molar-refractivity contribution is -0.112. The molecule has 2 aliphatic heterocycles. The second-order valence-corrected chi connectivity index (χ2v) is 7.57. The van der Waals surface area contributed by atoms with E-state index in [2.05, 4.69) is 14.7 Å². The van der Waals surface area contributed by atoms with Gasteiger partial charge in [-0.3, -0.25) is 4.79 Å². The quantitative estimate of drug-likeness (QED) is 0.880. The van der Waals surface area contributed by atoms with Gasteiger partial charge in [0.2, 0.25) is 0 Å². The lowest BCUT2D eigenvalue weighted by Crippen LogP contribution is -2.37. The summed E-state index contributed by atoms with van der Waals surface area (Å²) in [6.07, 6.45) is 9.94. The van der Waals surface area contributed by atoms with Crippen molar-refractivity contribution in [1.29, 1.82) is 0 Å². The molecule has 9 heteroatoms. The van der Waals surface area contributed by atoms with Crippen molar-refractivity contribution < 1.29 is 13.2 Å². The third-order valence-corrected chi connectivity index (χ3v) is 5.18. The molecular weight excluding hydrogens is 354 g/mol. The van der Waals surface area contributed by atoms with Gasteiger partial charge in [0.15, 0.2) is 0 Å². The highest BCUT2D eigenvalue weighted by Crippen LogP contribution is 2.18. The molecule has 0 atom stereocenters. The van der Waals surface area contributed by atoms with Crippen LogP contribution in [0.4, 0.5) is 5.69 Å². The zero-order valence-corrected chi connectivity index (χ0v) is 14.4. The number of aromatic nitrogens is 2. The fourth-order valence-corrected chi connectivity index (χ4v) is 3.64. The molecule has 2 aromatic rings. The molecule has 26 heavy (non-hydrogen) atoms. The zero-order valence-electron chi connectivity index (χ0n) is 13.6. The van der Waals surface area contributed by atoms with Crippen LogP contribution in [0.15, 0.2) is 71.3 Å². The van der Waals surface area contributed by atoms with Crippen molar-refractivity contribution in [2.75, 3.05) is 17.6 Å². The Labute approximate surface area is 150 Å². The van der Waals surface area contributed by atoms with Crippen molar-refractivity contribution in [2.24, 2.45) is 4.40 Å². The van der Waals surface area contributed by atoms with Crippen molar-refractivity contribution in [3.05, 3.63) is 66.9 Å². The molecule has 132 valence electrons. The number of hydrogen-bond donors (Lipinski definition) is 1. The van der Waals surface area contributed by atoms with E-state index in [-0.39, 0.29) is 18.2 Å². The molecule has 0 bridgehead atoms. The minimum Gasteiger partial charge on any atom is -0.330 e. The predicted octanol–water partition coefficient (Wildman–Crippen LogP) is 1.31. The van der Waals surface area contributed by atoms with E-state index in [4.69, 9.17) is 0 Å². The van der Waals surface area contributed by atoms with Crippen LogP contribution in [0.1, 0.15) is 0 Å². The predicted molar refractivity (Wildman–Crippen MR) is 97.3 cm³/mol. The first-order valence-electron chi connectivity index (χ1n) is 7.89. The monoisotopic (exact) mass is 369 g/mol. The Morgan fingerprint density at radius 2 is 1.96 bits per heavy atom. The number of amidine groups is 1. The van der Waals surface area contributed by atoms with Gasteiger partial charge in [0, 0.05) is 36.5 Å². The maximum atomic E-state index is 12.5. The summed E-state index contributed by atoms with van der Waals surface area (Å²) in [6.45, 7) is 0.280. The number of benzene rings is 1. The Morgan fingerprint density at radius 3 is 2.69 bits per heavy atom. The van der Waals surface area contributed by atoms with Crippen molar-refractivity contribution >= 4 is 27.5 Å². The van der Waals surface area contributed by atoms with Crippen LogP contribution in [0.5, 0.6) is 0 Å². The first kappa shape index (κ1) is 16.3. The molecule has 3 heterocycles. The van der Waals surface area contributed by atoms with Crippen molar-refractivity contribution in [1.82, 2.24) is 14.5 Å². The fraction of sp³-hybridized carbons (Fsp3) is 0.118. The van der Waals surface area contributed by atoms with E-state index >= 15 is 0 Å². The standard InChI is InChI=1S/C17H15N5O3S/c23-17(13-1-6-16-20-26(24,25)10-9-21(16)11-13)19-14-2-4-15(5-3-14)22-8-7-18-12-22/h1-8,11-12H,9-10H2,(H,19,23). The molecule has 0 fully saturated rings. The lowest BCUT2D eigenvalue weighted by Gasteiger charge is -2.26. The van der Waals surface area contributed by atoms with E-state index < -0.39 is 10.0 Å².